The molecule has 0 aliphatic carbocycles. The van der Waals surface area contributed by atoms with Gasteiger partial charge in [0.1, 0.15) is 5.75 Å². The topological polar surface area (TPSA) is 73.4 Å². The van der Waals surface area contributed by atoms with Gasteiger partial charge in [-0.15, -0.1) is 10.2 Å². The van der Waals surface area contributed by atoms with Gasteiger partial charge in [0, 0.05) is 7.05 Å². The molecule has 7 nitrogen and oxygen atoms in total. The number of benzene rings is 2. The largest absolute Gasteiger partial charge is 0.491 e. The average Bonchev–Trinajstić information content (AvgIpc) is 3.18. The number of alkyl halides is 3. The zero-order chi connectivity index (χ0) is 22.2. The fourth-order valence-electron chi connectivity index (χ4n) is 3.36. The summed E-state index contributed by atoms with van der Waals surface area (Å²) in [6.07, 6.45) is -3.76. The number of nitrogens with one attached hydrogen (secondary N) is 1. The average molecular weight is 431 g/mol. The quantitative estimate of drug-likeness (QED) is 0.500. The van der Waals surface area contributed by atoms with Gasteiger partial charge in [0.25, 0.3) is 5.56 Å². The van der Waals surface area contributed by atoms with E-state index in [2.05, 4.69) is 15.5 Å². The van der Waals surface area contributed by atoms with E-state index >= 15 is 0 Å². The van der Waals surface area contributed by atoms with Gasteiger partial charge >= 0.3 is 6.18 Å². The first-order valence-electron chi connectivity index (χ1n) is 9.71. The Labute approximate surface area is 175 Å². The van der Waals surface area contributed by atoms with Gasteiger partial charge in [-0.05, 0) is 36.8 Å². The summed E-state index contributed by atoms with van der Waals surface area (Å²) in [4.78, 5) is 12.6. The number of para-hydroxylation sites is 1. The summed E-state index contributed by atoms with van der Waals surface area (Å²) < 4.78 is 48.3. The van der Waals surface area contributed by atoms with Gasteiger partial charge in [-0.1, -0.05) is 19.1 Å². The second kappa shape index (κ2) is 7.93. The molecule has 0 bridgehead atoms. The molecule has 0 aliphatic heterocycles. The number of rotatable bonds is 6. The van der Waals surface area contributed by atoms with Crippen molar-refractivity contribution in [1.82, 2.24) is 19.2 Å². The van der Waals surface area contributed by atoms with Gasteiger partial charge in [0.2, 0.25) is 5.78 Å². The highest BCUT2D eigenvalue weighted by Gasteiger charge is 2.31. The van der Waals surface area contributed by atoms with E-state index in [-0.39, 0.29) is 17.8 Å². The van der Waals surface area contributed by atoms with Crippen molar-refractivity contribution in [2.75, 3.05) is 11.9 Å². The van der Waals surface area contributed by atoms with E-state index in [9.17, 15) is 18.0 Å². The molecule has 0 saturated carbocycles. The first-order valence-corrected chi connectivity index (χ1v) is 9.71. The van der Waals surface area contributed by atoms with Crippen molar-refractivity contribution in [3.05, 3.63) is 64.2 Å². The lowest BCUT2D eigenvalue weighted by Gasteiger charge is -2.15. The molecule has 162 valence electrons. The summed E-state index contributed by atoms with van der Waals surface area (Å²) >= 11 is 0. The standard InChI is InChI=1S/C21H20F3N5O2/c1-3-10-31-17-9-8-13(21(22,23)24)11-15(17)25-12-18-26-27-20-28(2)19(30)14-6-4-5-7-16(14)29(18)20/h4-9,11,25H,3,10,12H2,1-2H3. The van der Waals surface area contributed by atoms with Crippen LogP contribution in [0.1, 0.15) is 24.7 Å². The molecule has 0 fully saturated rings. The number of ether oxygens (including phenoxy) is 1. The Morgan fingerprint density at radius 2 is 1.90 bits per heavy atom. The number of fused-ring (bicyclic) bond motifs is 3. The first kappa shape index (κ1) is 20.7. The van der Waals surface area contributed by atoms with Crippen LogP contribution in [0.3, 0.4) is 0 Å². The summed E-state index contributed by atoms with van der Waals surface area (Å²) in [7, 11) is 1.60. The first-order chi connectivity index (χ1) is 14.8. The predicted octanol–water partition coefficient (Wildman–Crippen LogP) is 4.00. The van der Waals surface area contributed by atoms with Crippen molar-refractivity contribution in [3.63, 3.8) is 0 Å². The molecule has 1 N–H and O–H groups in total. The highest BCUT2D eigenvalue weighted by atomic mass is 19.4. The minimum atomic E-state index is -4.48. The molecule has 2 aromatic heterocycles. The minimum Gasteiger partial charge on any atom is -0.491 e. The smallest absolute Gasteiger partial charge is 0.416 e. The molecule has 10 heteroatoms. The van der Waals surface area contributed by atoms with E-state index in [1.165, 1.54) is 10.6 Å². The third-order valence-electron chi connectivity index (χ3n) is 4.90. The summed E-state index contributed by atoms with van der Waals surface area (Å²) in [6, 6.07) is 10.4. The maximum absolute atomic E-state index is 13.2. The van der Waals surface area contributed by atoms with Crippen molar-refractivity contribution in [1.29, 1.82) is 0 Å². The van der Waals surface area contributed by atoms with Gasteiger partial charge in [0.05, 0.1) is 35.3 Å². The van der Waals surface area contributed by atoms with Crippen LogP contribution in [0.15, 0.2) is 47.3 Å². The molecule has 31 heavy (non-hydrogen) atoms. The Bertz CT molecular complexity index is 1310. The molecule has 0 unspecified atom stereocenters. The van der Waals surface area contributed by atoms with E-state index in [1.54, 1.807) is 35.7 Å². The summed E-state index contributed by atoms with van der Waals surface area (Å²) in [5.41, 5.74) is -0.163. The monoisotopic (exact) mass is 431 g/mol. The maximum atomic E-state index is 13.2. The normalized spacial score (nSPS) is 11.9. The highest BCUT2D eigenvalue weighted by molar-refractivity contribution is 5.80. The molecule has 0 atom stereocenters. The lowest BCUT2D eigenvalue weighted by Crippen LogP contribution is -2.20. The molecule has 0 saturated heterocycles. The molecule has 4 aromatic rings. The number of hydrogen-bond acceptors (Lipinski definition) is 5. The van der Waals surface area contributed by atoms with Crippen LogP contribution in [0.4, 0.5) is 18.9 Å². The third kappa shape index (κ3) is 3.80. The second-order valence-electron chi connectivity index (χ2n) is 7.04. The second-order valence-corrected chi connectivity index (χ2v) is 7.04. The van der Waals surface area contributed by atoms with Crippen LogP contribution in [-0.4, -0.2) is 25.8 Å². The Hall–Kier alpha value is -3.56. The summed E-state index contributed by atoms with van der Waals surface area (Å²) in [6.45, 7) is 2.36. The molecule has 2 aromatic carbocycles. The van der Waals surface area contributed by atoms with Crippen molar-refractivity contribution in [2.24, 2.45) is 7.05 Å². The number of aromatic nitrogens is 4. The van der Waals surface area contributed by atoms with Crippen LogP contribution in [-0.2, 0) is 19.8 Å². The molecule has 0 amide bonds. The van der Waals surface area contributed by atoms with E-state index in [4.69, 9.17) is 4.74 Å². The van der Waals surface area contributed by atoms with Crippen LogP contribution >= 0.6 is 0 Å². The van der Waals surface area contributed by atoms with Crippen molar-refractivity contribution in [2.45, 2.75) is 26.1 Å². The summed E-state index contributed by atoms with van der Waals surface area (Å²) in [5.74, 6) is 1.11. The fourth-order valence-corrected chi connectivity index (χ4v) is 3.36. The van der Waals surface area contributed by atoms with Gasteiger partial charge in [-0.25, -0.2) is 0 Å². The number of anilines is 1. The highest BCUT2D eigenvalue weighted by Crippen LogP contribution is 2.35. The van der Waals surface area contributed by atoms with Crippen LogP contribution in [0.5, 0.6) is 5.75 Å². The molecule has 2 heterocycles. The Balaban J connectivity index is 1.75. The zero-order valence-corrected chi connectivity index (χ0v) is 16.9. The molecule has 0 spiro atoms. The van der Waals surface area contributed by atoms with E-state index in [0.717, 1.165) is 18.6 Å². The Morgan fingerprint density at radius 3 is 2.65 bits per heavy atom. The Kier molecular flexibility index (Phi) is 5.30. The van der Waals surface area contributed by atoms with Crippen LogP contribution in [0, 0.1) is 0 Å². The van der Waals surface area contributed by atoms with Gasteiger partial charge in [0.15, 0.2) is 5.82 Å². The van der Waals surface area contributed by atoms with Crippen molar-refractivity contribution >= 4 is 22.4 Å². The van der Waals surface area contributed by atoms with Crippen LogP contribution in [0.25, 0.3) is 16.7 Å². The molecular formula is C21H20F3N5O2. The molecular weight excluding hydrogens is 411 g/mol. The fraction of sp³-hybridized carbons (Fsp3) is 0.286. The van der Waals surface area contributed by atoms with Crippen molar-refractivity contribution < 1.29 is 17.9 Å². The lowest BCUT2D eigenvalue weighted by atomic mass is 10.1. The lowest BCUT2D eigenvalue weighted by molar-refractivity contribution is -0.137. The van der Waals surface area contributed by atoms with E-state index in [0.29, 0.717) is 34.9 Å². The van der Waals surface area contributed by atoms with Gasteiger partial charge in [-0.3, -0.25) is 13.8 Å². The molecule has 0 aliphatic rings. The van der Waals surface area contributed by atoms with E-state index in [1.807, 2.05) is 6.92 Å². The van der Waals surface area contributed by atoms with Crippen LogP contribution < -0.4 is 15.6 Å². The zero-order valence-electron chi connectivity index (χ0n) is 16.9. The molecule has 0 radical (unpaired) electrons. The molecule has 4 rings (SSSR count). The van der Waals surface area contributed by atoms with Crippen molar-refractivity contribution in [3.8, 4) is 5.75 Å². The number of halogens is 3. The van der Waals surface area contributed by atoms with Gasteiger partial charge < -0.3 is 10.1 Å². The Morgan fingerprint density at radius 1 is 1.13 bits per heavy atom. The number of hydrogen-bond donors (Lipinski definition) is 1. The maximum Gasteiger partial charge on any atom is 0.416 e. The van der Waals surface area contributed by atoms with Crippen LogP contribution in [0.2, 0.25) is 0 Å². The number of nitrogens with zero attached hydrogens (tertiary/aromatic N) is 4. The minimum absolute atomic E-state index is 0.0765. The number of aryl methyl sites for hydroxylation is 1. The van der Waals surface area contributed by atoms with Gasteiger partial charge in [-0.2, -0.15) is 13.2 Å². The third-order valence-corrected chi connectivity index (χ3v) is 4.90. The van der Waals surface area contributed by atoms with E-state index < -0.39 is 11.7 Å². The SMILES string of the molecule is CCCOc1ccc(C(F)(F)F)cc1NCc1nnc2n(C)c(=O)c3ccccc3n12. The predicted molar refractivity (Wildman–Crippen MR) is 110 cm³/mol. The summed E-state index contributed by atoms with van der Waals surface area (Å²) in [5, 5.41) is 11.7.